The molecule has 1 fully saturated rings. The van der Waals surface area contributed by atoms with Crippen LogP contribution in [0, 0.1) is 11.7 Å². The summed E-state index contributed by atoms with van der Waals surface area (Å²) in [4.78, 5) is 39.8. The molecule has 1 aliphatic carbocycles. The molecule has 1 saturated carbocycles. The molecule has 2 amide bonds. The highest BCUT2D eigenvalue weighted by Gasteiger charge is 2.35. The van der Waals surface area contributed by atoms with Crippen molar-refractivity contribution >= 4 is 23.4 Å². The number of carbonyl (C=O) groups excluding carboxylic acids is 2. The molecule has 4 rings (SSSR count). The third kappa shape index (κ3) is 4.60. The fourth-order valence-electron chi connectivity index (χ4n) is 4.54. The summed E-state index contributed by atoms with van der Waals surface area (Å²) in [5.74, 6) is -2.62. The van der Waals surface area contributed by atoms with E-state index < -0.39 is 40.6 Å². The van der Waals surface area contributed by atoms with Crippen LogP contribution in [0.15, 0.2) is 29.2 Å². The Morgan fingerprint density at radius 1 is 1.21 bits per heavy atom. The first-order valence-corrected chi connectivity index (χ1v) is 11.3. The minimum absolute atomic E-state index is 0.00932. The summed E-state index contributed by atoms with van der Waals surface area (Å²) in [6.45, 7) is 0.277. The number of carbonyl (C=O) groups is 2. The zero-order valence-electron chi connectivity index (χ0n) is 17.9. The van der Waals surface area contributed by atoms with Crippen molar-refractivity contribution in [2.45, 2.75) is 44.9 Å². The van der Waals surface area contributed by atoms with Gasteiger partial charge in [-0.3, -0.25) is 14.4 Å². The Hall–Kier alpha value is -2.91. The van der Waals surface area contributed by atoms with E-state index in [1.54, 1.807) is 0 Å². The predicted molar refractivity (Wildman–Crippen MR) is 119 cm³/mol. The molecule has 176 valence electrons. The van der Waals surface area contributed by atoms with E-state index >= 15 is 0 Å². The van der Waals surface area contributed by atoms with Gasteiger partial charge in [-0.25, -0.2) is 4.39 Å². The smallest absolute Gasteiger partial charge is 0.274 e. The van der Waals surface area contributed by atoms with Crippen LogP contribution in [0.1, 0.15) is 64.7 Å². The van der Waals surface area contributed by atoms with Gasteiger partial charge in [0.25, 0.3) is 11.8 Å². The maximum atomic E-state index is 13.6. The van der Waals surface area contributed by atoms with Crippen LogP contribution in [0.25, 0.3) is 0 Å². The summed E-state index contributed by atoms with van der Waals surface area (Å²) < 4.78 is 14.7. The Balaban J connectivity index is 1.57. The van der Waals surface area contributed by atoms with Gasteiger partial charge in [0.2, 0.25) is 5.43 Å². The number of nitrogens with zero attached hydrogens (tertiary/aromatic N) is 2. The lowest BCUT2D eigenvalue weighted by Gasteiger charge is -2.36. The molecule has 0 bridgehead atoms. The molecule has 1 atom stereocenters. The van der Waals surface area contributed by atoms with Crippen molar-refractivity contribution in [2.75, 3.05) is 13.1 Å². The third-order valence-electron chi connectivity index (χ3n) is 6.32. The van der Waals surface area contributed by atoms with E-state index in [0.29, 0.717) is 18.0 Å². The van der Waals surface area contributed by atoms with Gasteiger partial charge in [-0.05, 0) is 30.4 Å². The lowest BCUT2D eigenvalue weighted by molar-refractivity contribution is 0.0187. The Morgan fingerprint density at radius 2 is 1.94 bits per heavy atom. The second-order valence-electron chi connectivity index (χ2n) is 8.57. The SMILES string of the molecule is O=C(NCc1cccc(F)c1Cl)c1cn2c(c(O)c1=O)C(=O)N(CC1CCCCC1)CC2O. The first kappa shape index (κ1) is 23.3. The van der Waals surface area contributed by atoms with Crippen LogP contribution < -0.4 is 10.7 Å². The number of nitrogens with one attached hydrogen (secondary N) is 1. The average Bonchev–Trinajstić information content (AvgIpc) is 2.80. The maximum absolute atomic E-state index is 13.6. The van der Waals surface area contributed by atoms with Crippen LogP contribution in [0.3, 0.4) is 0 Å². The van der Waals surface area contributed by atoms with Crippen molar-refractivity contribution in [3.8, 4) is 5.75 Å². The van der Waals surface area contributed by atoms with Crippen molar-refractivity contribution in [3.05, 3.63) is 62.3 Å². The number of halogens is 2. The first-order valence-electron chi connectivity index (χ1n) is 10.9. The van der Waals surface area contributed by atoms with Crippen LogP contribution in [-0.4, -0.2) is 44.6 Å². The second kappa shape index (κ2) is 9.52. The molecule has 2 aliphatic rings. The van der Waals surface area contributed by atoms with Gasteiger partial charge in [0.05, 0.1) is 11.6 Å². The summed E-state index contributed by atoms with van der Waals surface area (Å²) >= 11 is 5.89. The molecule has 10 heteroatoms. The molecule has 1 unspecified atom stereocenters. The number of hydrogen-bond donors (Lipinski definition) is 3. The Bertz CT molecular complexity index is 1150. The molecule has 1 aromatic carbocycles. The maximum Gasteiger partial charge on any atom is 0.274 e. The Kier molecular flexibility index (Phi) is 6.71. The van der Waals surface area contributed by atoms with E-state index in [1.165, 1.54) is 29.5 Å². The van der Waals surface area contributed by atoms with Gasteiger partial charge in [-0.2, -0.15) is 0 Å². The summed E-state index contributed by atoms with van der Waals surface area (Å²) in [7, 11) is 0. The number of rotatable bonds is 5. The number of aliphatic hydroxyl groups is 1. The summed E-state index contributed by atoms with van der Waals surface area (Å²) in [6, 6.07) is 4.13. The van der Waals surface area contributed by atoms with Crippen LogP contribution in [-0.2, 0) is 6.54 Å². The minimum atomic E-state index is -1.22. The molecule has 0 spiro atoms. The van der Waals surface area contributed by atoms with Gasteiger partial charge in [0.15, 0.2) is 11.4 Å². The van der Waals surface area contributed by atoms with Crippen LogP contribution in [0.2, 0.25) is 5.02 Å². The molecule has 2 heterocycles. The molecule has 1 aromatic heterocycles. The van der Waals surface area contributed by atoms with Gasteiger partial charge in [0.1, 0.15) is 17.6 Å². The highest BCUT2D eigenvalue weighted by Crippen LogP contribution is 2.29. The zero-order chi connectivity index (χ0) is 23.7. The molecule has 0 saturated heterocycles. The molecular weight excluding hydrogens is 453 g/mol. The van der Waals surface area contributed by atoms with Crippen molar-refractivity contribution in [3.63, 3.8) is 0 Å². The van der Waals surface area contributed by atoms with E-state index in [9.17, 15) is 29.0 Å². The molecule has 8 nitrogen and oxygen atoms in total. The molecule has 2 aromatic rings. The highest BCUT2D eigenvalue weighted by molar-refractivity contribution is 6.31. The van der Waals surface area contributed by atoms with Crippen molar-refractivity contribution in [2.24, 2.45) is 5.92 Å². The fraction of sp³-hybridized carbons (Fsp3) is 0.435. The number of fused-ring (bicyclic) bond motifs is 1. The Morgan fingerprint density at radius 3 is 2.67 bits per heavy atom. The van der Waals surface area contributed by atoms with Gasteiger partial charge >= 0.3 is 0 Å². The van der Waals surface area contributed by atoms with Gasteiger partial charge in [-0.15, -0.1) is 0 Å². The number of aromatic nitrogens is 1. The number of amides is 2. The van der Waals surface area contributed by atoms with Gasteiger partial charge in [0, 0.05) is 19.3 Å². The van der Waals surface area contributed by atoms with E-state index in [0.717, 1.165) is 36.4 Å². The van der Waals surface area contributed by atoms with Crippen molar-refractivity contribution in [1.29, 1.82) is 0 Å². The van der Waals surface area contributed by atoms with Crippen molar-refractivity contribution < 1.29 is 24.2 Å². The number of aliphatic hydroxyl groups excluding tert-OH is 1. The fourth-order valence-corrected chi connectivity index (χ4v) is 4.73. The summed E-state index contributed by atoms with van der Waals surface area (Å²) in [6.07, 6.45) is 5.19. The normalized spacial score (nSPS) is 18.8. The molecule has 1 aliphatic heterocycles. The van der Waals surface area contributed by atoms with Crippen molar-refractivity contribution in [1.82, 2.24) is 14.8 Å². The van der Waals surface area contributed by atoms with Gasteiger partial charge < -0.3 is 25.0 Å². The van der Waals surface area contributed by atoms with E-state index in [2.05, 4.69) is 5.32 Å². The average molecular weight is 478 g/mol. The van der Waals surface area contributed by atoms with E-state index in [-0.39, 0.29) is 23.8 Å². The molecule has 33 heavy (non-hydrogen) atoms. The molecule has 3 N–H and O–H groups in total. The predicted octanol–water partition coefficient (Wildman–Crippen LogP) is 2.80. The number of aromatic hydroxyl groups is 1. The standard InChI is InChI=1S/C23H25ClFN3O5/c24-18-14(7-4-8-16(18)25)9-26-22(32)15-11-28-17(29)12-27(10-13-5-2-1-3-6-13)23(33)19(28)21(31)20(15)30/h4,7-8,11,13,17,29,31H,1-3,5-6,9-10,12H2,(H,26,32). The van der Waals surface area contributed by atoms with Crippen LogP contribution in [0.5, 0.6) is 5.75 Å². The topological polar surface area (TPSA) is 112 Å². The van der Waals surface area contributed by atoms with Crippen LogP contribution in [0.4, 0.5) is 4.39 Å². The number of β-amino-alcohol motifs (C(OH)–C–C–N with tert-alkyl or cyclic N) is 1. The van der Waals surface area contributed by atoms with Crippen LogP contribution >= 0.6 is 11.6 Å². The Labute approximate surface area is 194 Å². The number of pyridine rings is 1. The summed E-state index contributed by atoms with van der Waals surface area (Å²) in [5.41, 5.74) is -1.50. The zero-order valence-corrected chi connectivity index (χ0v) is 18.6. The van der Waals surface area contributed by atoms with E-state index in [4.69, 9.17) is 11.6 Å². The highest BCUT2D eigenvalue weighted by atomic mass is 35.5. The third-order valence-corrected chi connectivity index (χ3v) is 6.75. The number of benzene rings is 1. The summed E-state index contributed by atoms with van der Waals surface area (Å²) in [5, 5.41) is 23.5. The quantitative estimate of drug-likeness (QED) is 0.613. The van der Waals surface area contributed by atoms with Gasteiger partial charge in [-0.1, -0.05) is 43.0 Å². The number of hydrogen-bond acceptors (Lipinski definition) is 5. The largest absolute Gasteiger partial charge is 0.503 e. The lowest BCUT2D eigenvalue weighted by Crippen LogP contribution is -2.47. The molecule has 0 radical (unpaired) electrons. The molecular formula is C23H25ClFN3O5. The monoisotopic (exact) mass is 477 g/mol. The first-order chi connectivity index (χ1) is 15.8. The van der Waals surface area contributed by atoms with E-state index in [1.807, 2.05) is 0 Å². The minimum Gasteiger partial charge on any atom is -0.503 e. The lowest BCUT2D eigenvalue weighted by atomic mass is 9.88. The second-order valence-corrected chi connectivity index (χ2v) is 8.94.